The van der Waals surface area contributed by atoms with E-state index in [2.05, 4.69) is 20.9 Å². The smallest absolute Gasteiger partial charge is 0.246 e. The fourth-order valence-corrected chi connectivity index (χ4v) is 3.19. The summed E-state index contributed by atoms with van der Waals surface area (Å²) in [5.41, 5.74) is 6.79. The van der Waals surface area contributed by atoms with Gasteiger partial charge in [-0.05, 0) is 23.8 Å². The Morgan fingerprint density at radius 2 is 1.90 bits per heavy atom. The highest BCUT2D eigenvalue weighted by atomic mass is 79.9. The van der Waals surface area contributed by atoms with Gasteiger partial charge in [0, 0.05) is 30.5 Å². The summed E-state index contributed by atoms with van der Waals surface area (Å²) in [7, 11) is -2.13. The maximum atomic E-state index is 12.4. The zero-order chi connectivity index (χ0) is 14.8. The van der Waals surface area contributed by atoms with E-state index in [1.165, 1.54) is 29.8 Å². The Balaban J connectivity index is 2.26. The maximum Gasteiger partial charge on any atom is 0.246 e. The quantitative estimate of drug-likeness (QED) is 0.912. The summed E-state index contributed by atoms with van der Waals surface area (Å²) in [5, 5.41) is 0. The van der Waals surface area contributed by atoms with Gasteiger partial charge in [0.05, 0.1) is 5.69 Å². The standard InChI is InChI=1S/C13H14BrN3O2S/c1-17(9-10-2-4-11(14)5-3-10)20(18,19)13-8-16-7-6-12(13)15/h2-8H,9H2,1H3,(H2,15,16). The summed E-state index contributed by atoms with van der Waals surface area (Å²) in [6.45, 7) is 0.268. The van der Waals surface area contributed by atoms with E-state index in [9.17, 15) is 8.42 Å². The predicted octanol–water partition coefficient (Wildman–Crippen LogP) is 2.25. The normalized spacial score (nSPS) is 11.8. The monoisotopic (exact) mass is 355 g/mol. The largest absolute Gasteiger partial charge is 0.398 e. The average Bonchev–Trinajstić information content (AvgIpc) is 2.41. The third-order valence-electron chi connectivity index (χ3n) is 2.82. The lowest BCUT2D eigenvalue weighted by atomic mass is 10.2. The topological polar surface area (TPSA) is 76.3 Å². The molecule has 0 aliphatic carbocycles. The second-order valence-corrected chi connectivity index (χ2v) is 7.23. The molecule has 20 heavy (non-hydrogen) atoms. The third-order valence-corrected chi connectivity index (χ3v) is 5.20. The van der Waals surface area contributed by atoms with E-state index in [-0.39, 0.29) is 17.1 Å². The van der Waals surface area contributed by atoms with E-state index >= 15 is 0 Å². The number of rotatable bonds is 4. The Kier molecular flexibility index (Phi) is 4.42. The van der Waals surface area contributed by atoms with Gasteiger partial charge in [-0.15, -0.1) is 0 Å². The minimum absolute atomic E-state index is 0.0274. The maximum absolute atomic E-state index is 12.4. The van der Waals surface area contributed by atoms with Gasteiger partial charge in [0.1, 0.15) is 4.90 Å². The van der Waals surface area contributed by atoms with Crippen LogP contribution < -0.4 is 5.73 Å². The minimum atomic E-state index is -3.64. The lowest BCUT2D eigenvalue weighted by Gasteiger charge is -2.18. The van der Waals surface area contributed by atoms with E-state index in [1.807, 2.05) is 24.3 Å². The molecule has 1 aromatic heterocycles. The van der Waals surface area contributed by atoms with Crippen LogP contribution in [0.5, 0.6) is 0 Å². The Bertz CT molecular complexity index is 702. The van der Waals surface area contributed by atoms with Gasteiger partial charge in [0.25, 0.3) is 0 Å². The molecule has 106 valence electrons. The molecular formula is C13H14BrN3O2S. The zero-order valence-corrected chi connectivity index (χ0v) is 13.2. The fraction of sp³-hybridized carbons (Fsp3) is 0.154. The van der Waals surface area contributed by atoms with Crippen LogP contribution in [0.25, 0.3) is 0 Å². The summed E-state index contributed by atoms with van der Waals surface area (Å²) in [4.78, 5) is 3.85. The Morgan fingerprint density at radius 3 is 2.50 bits per heavy atom. The van der Waals surface area contributed by atoms with Crippen molar-refractivity contribution in [3.63, 3.8) is 0 Å². The summed E-state index contributed by atoms with van der Waals surface area (Å²) in [6.07, 6.45) is 2.73. The molecule has 0 atom stereocenters. The molecule has 5 nitrogen and oxygen atoms in total. The lowest BCUT2D eigenvalue weighted by Crippen LogP contribution is -2.27. The zero-order valence-electron chi connectivity index (χ0n) is 10.8. The second kappa shape index (κ2) is 5.90. The molecule has 0 radical (unpaired) electrons. The number of sulfonamides is 1. The van der Waals surface area contributed by atoms with Crippen molar-refractivity contribution in [3.05, 3.63) is 52.8 Å². The molecule has 0 spiro atoms. The highest BCUT2D eigenvalue weighted by molar-refractivity contribution is 9.10. The molecular weight excluding hydrogens is 342 g/mol. The number of nitrogens with two attached hydrogens (primary N) is 1. The van der Waals surface area contributed by atoms with Crippen LogP contribution in [0, 0.1) is 0 Å². The fourth-order valence-electron chi connectivity index (χ4n) is 1.71. The first-order chi connectivity index (χ1) is 9.41. The van der Waals surface area contributed by atoms with Gasteiger partial charge in [-0.2, -0.15) is 4.31 Å². The van der Waals surface area contributed by atoms with Crippen molar-refractivity contribution in [1.82, 2.24) is 9.29 Å². The van der Waals surface area contributed by atoms with Crippen LogP contribution in [0.15, 0.2) is 52.1 Å². The molecule has 1 aromatic carbocycles. The molecule has 0 aliphatic rings. The van der Waals surface area contributed by atoms with Crippen LogP contribution in [0.4, 0.5) is 5.69 Å². The Labute approximate surface area is 126 Å². The molecule has 0 unspecified atom stereocenters. The summed E-state index contributed by atoms with van der Waals surface area (Å²) < 4.78 is 27.0. The van der Waals surface area contributed by atoms with Crippen molar-refractivity contribution in [3.8, 4) is 0 Å². The van der Waals surface area contributed by atoms with Gasteiger partial charge in [-0.1, -0.05) is 28.1 Å². The van der Waals surface area contributed by atoms with E-state index < -0.39 is 10.0 Å². The highest BCUT2D eigenvalue weighted by Gasteiger charge is 2.23. The van der Waals surface area contributed by atoms with E-state index in [0.29, 0.717) is 0 Å². The van der Waals surface area contributed by atoms with Crippen LogP contribution in [0.3, 0.4) is 0 Å². The van der Waals surface area contributed by atoms with Crippen molar-refractivity contribution in [2.24, 2.45) is 0 Å². The molecule has 0 bridgehead atoms. The van der Waals surface area contributed by atoms with Crippen molar-refractivity contribution in [2.45, 2.75) is 11.4 Å². The summed E-state index contributed by atoms with van der Waals surface area (Å²) in [6, 6.07) is 8.94. The van der Waals surface area contributed by atoms with Crippen LogP contribution >= 0.6 is 15.9 Å². The molecule has 2 N–H and O–H groups in total. The van der Waals surface area contributed by atoms with Crippen molar-refractivity contribution in [1.29, 1.82) is 0 Å². The van der Waals surface area contributed by atoms with E-state index in [0.717, 1.165) is 10.0 Å². The van der Waals surface area contributed by atoms with Crippen LogP contribution in [0.1, 0.15) is 5.56 Å². The summed E-state index contributed by atoms with van der Waals surface area (Å²) in [5.74, 6) is 0. The molecule has 0 amide bonds. The van der Waals surface area contributed by atoms with Gasteiger partial charge >= 0.3 is 0 Å². The number of hydrogen-bond donors (Lipinski definition) is 1. The molecule has 0 fully saturated rings. The third kappa shape index (κ3) is 3.17. The van der Waals surface area contributed by atoms with Crippen LogP contribution in [-0.4, -0.2) is 24.8 Å². The Morgan fingerprint density at radius 1 is 1.25 bits per heavy atom. The predicted molar refractivity (Wildman–Crippen MR) is 81.4 cm³/mol. The average molecular weight is 356 g/mol. The molecule has 1 heterocycles. The number of pyridine rings is 1. The van der Waals surface area contributed by atoms with E-state index in [1.54, 1.807) is 0 Å². The lowest BCUT2D eigenvalue weighted by molar-refractivity contribution is 0.467. The molecule has 2 aromatic rings. The summed E-state index contributed by atoms with van der Waals surface area (Å²) >= 11 is 3.34. The van der Waals surface area contributed by atoms with Crippen LogP contribution in [0.2, 0.25) is 0 Å². The molecule has 2 rings (SSSR count). The van der Waals surface area contributed by atoms with Crippen molar-refractivity contribution < 1.29 is 8.42 Å². The van der Waals surface area contributed by atoms with Gasteiger partial charge in [0.2, 0.25) is 10.0 Å². The number of halogens is 1. The Hall–Kier alpha value is -1.44. The van der Waals surface area contributed by atoms with Gasteiger partial charge < -0.3 is 5.73 Å². The number of nitrogen functional groups attached to an aromatic ring is 1. The van der Waals surface area contributed by atoms with Gasteiger partial charge in [-0.25, -0.2) is 8.42 Å². The highest BCUT2D eigenvalue weighted by Crippen LogP contribution is 2.21. The minimum Gasteiger partial charge on any atom is -0.398 e. The van der Waals surface area contributed by atoms with Crippen LogP contribution in [-0.2, 0) is 16.6 Å². The molecule has 0 saturated heterocycles. The number of aromatic nitrogens is 1. The van der Waals surface area contributed by atoms with Gasteiger partial charge in [-0.3, -0.25) is 4.98 Å². The van der Waals surface area contributed by atoms with Crippen molar-refractivity contribution in [2.75, 3.05) is 12.8 Å². The first-order valence-corrected chi connectivity index (χ1v) is 8.05. The molecule has 7 heteroatoms. The SMILES string of the molecule is CN(Cc1ccc(Br)cc1)S(=O)(=O)c1cnccc1N. The number of hydrogen-bond acceptors (Lipinski definition) is 4. The number of nitrogens with zero attached hydrogens (tertiary/aromatic N) is 2. The van der Waals surface area contributed by atoms with Gasteiger partial charge in [0.15, 0.2) is 0 Å². The first kappa shape index (κ1) is 15.0. The number of anilines is 1. The van der Waals surface area contributed by atoms with E-state index in [4.69, 9.17) is 5.73 Å². The number of benzene rings is 1. The first-order valence-electron chi connectivity index (χ1n) is 5.81. The molecule has 0 aliphatic heterocycles. The van der Waals surface area contributed by atoms with Crippen molar-refractivity contribution >= 4 is 31.6 Å². The second-order valence-electron chi connectivity index (χ2n) is 4.30. The molecule has 0 saturated carbocycles.